The number of furan rings is 1. The first-order chi connectivity index (χ1) is 15.4. The van der Waals surface area contributed by atoms with Crippen molar-refractivity contribution in [2.24, 2.45) is 0 Å². The number of amides is 1. The van der Waals surface area contributed by atoms with E-state index in [0.29, 0.717) is 28.5 Å². The summed E-state index contributed by atoms with van der Waals surface area (Å²) in [5.74, 6) is -1.30. The Bertz CT molecular complexity index is 1180. The second-order valence-corrected chi connectivity index (χ2v) is 7.61. The third-order valence-electron chi connectivity index (χ3n) is 5.16. The lowest BCUT2D eigenvalue weighted by atomic mass is 9.95. The highest BCUT2D eigenvalue weighted by Crippen LogP contribution is 2.42. The number of ketones is 1. The molecule has 3 aromatic rings. The standard InChI is InChI=1S/C24H20ClNO6/c1-2-31-19-12-15(7-10-18(19)27)21-20(22(28)14-5-8-16(25)9-6-14)23(29)24(30)26(21)13-17-4-3-11-32-17/h3-12,21,27-28H,2,13H2,1H3. The molecule has 1 aromatic heterocycles. The van der Waals surface area contributed by atoms with Gasteiger partial charge in [0.2, 0.25) is 0 Å². The van der Waals surface area contributed by atoms with Gasteiger partial charge in [-0.15, -0.1) is 0 Å². The molecule has 0 radical (unpaired) electrons. The highest BCUT2D eigenvalue weighted by molar-refractivity contribution is 6.46. The molecule has 2 heterocycles. The number of aliphatic hydroxyl groups excluding tert-OH is 1. The maximum atomic E-state index is 13.0. The number of phenolic OH excluding ortho intramolecular Hbond substituents is 1. The van der Waals surface area contributed by atoms with Gasteiger partial charge in [-0.25, -0.2) is 0 Å². The van der Waals surface area contributed by atoms with Crippen LogP contribution in [-0.4, -0.2) is 33.4 Å². The fourth-order valence-corrected chi connectivity index (χ4v) is 3.82. The summed E-state index contributed by atoms with van der Waals surface area (Å²) in [5, 5.41) is 21.6. The molecule has 0 aliphatic carbocycles. The lowest BCUT2D eigenvalue weighted by Gasteiger charge is -2.25. The summed E-state index contributed by atoms with van der Waals surface area (Å²) in [7, 11) is 0. The summed E-state index contributed by atoms with van der Waals surface area (Å²) in [5.41, 5.74) is 0.767. The van der Waals surface area contributed by atoms with Crippen molar-refractivity contribution < 1.29 is 29.0 Å². The minimum atomic E-state index is -0.921. The topological polar surface area (TPSA) is 100 Å². The van der Waals surface area contributed by atoms with Gasteiger partial charge >= 0.3 is 0 Å². The van der Waals surface area contributed by atoms with Crippen LogP contribution in [0.3, 0.4) is 0 Å². The predicted molar refractivity (Wildman–Crippen MR) is 117 cm³/mol. The molecule has 7 nitrogen and oxygen atoms in total. The molecular formula is C24H20ClNO6. The monoisotopic (exact) mass is 453 g/mol. The van der Waals surface area contributed by atoms with E-state index in [1.807, 2.05) is 0 Å². The summed E-state index contributed by atoms with van der Waals surface area (Å²) in [4.78, 5) is 27.3. The zero-order chi connectivity index (χ0) is 22.8. The molecule has 4 rings (SSSR count). The predicted octanol–water partition coefficient (Wildman–Crippen LogP) is 4.66. The van der Waals surface area contributed by atoms with Crippen molar-refractivity contribution in [2.45, 2.75) is 19.5 Å². The Morgan fingerprint density at radius 3 is 2.56 bits per heavy atom. The van der Waals surface area contributed by atoms with E-state index in [1.54, 1.807) is 55.5 Å². The number of hydrogen-bond acceptors (Lipinski definition) is 6. The number of rotatable bonds is 6. The zero-order valence-corrected chi connectivity index (χ0v) is 17.9. The van der Waals surface area contributed by atoms with Gasteiger partial charge in [-0.05, 0) is 61.0 Å². The molecule has 32 heavy (non-hydrogen) atoms. The first-order valence-electron chi connectivity index (χ1n) is 9.93. The molecule has 0 spiro atoms. The Labute approximate surface area is 189 Å². The van der Waals surface area contributed by atoms with E-state index >= 15 is 0 Å². The average molecular weight is 454 g/mol. The Hall–Kier alpha value is -3.71. The van der Waals surface area contributed by atoms with Gasteiger partial charge in [-0.3, -0.25) is 9.59 Å². The number of nitrogens with zero attached hydrogens (tertiary/aromatic N) is 1. The maximum absolute atomic E-state index is 13.0. The van der Waals surface area contributed by atoms with E-state index in [9.17, 15) is 19.8 Å². The fraction of sp³-hybridized carbons (Fsp3) is 0.167. The second-order valence-electron chi connectivity index (χ2n) is 7.17. The summed E-state index contributed by atoms with van der Waals surface area (Å²) < 4.78 is 10.9. The first-order valence-corrected chi connectivity index (χ1v) is 10.3. The Morgan fingerprint density at radius 1 is 1.16 bits per heavy atom. The van der Waals surface area contributed by atoms with Crippen LogP contribution < -0.4 is 4.74 Å². The van der Waals surface area contributed by atoms with E-state index in [-0.39, 0.29) is 29.4 Å². The van der Waals surface area contributed by atoms with Crippen molar-refractivity contribution >= 4 is 29.1 Å². The van der Waals surface area contributed by atoms with E-state index in [2.05, 4.69) is 0 Å². The molecule has 0 bridgehead atoms. The van der Waals surface area contributed by atoms with Crippen LogP contribution >= 0.6 is 11.6 Å². The Kier molecular flexibility index (Phi) is 5.92. The van der Waals surface area contributed by atoms with Crippen molar-refractivity contribution in [2.75, 3.05) is 6.61 Å². The highest BCUT2D eigenvalue weighted by Gasteiger charge is 2.46. The lowest BCUT2D eigenvalue weighted by molar-refractivity contribution is -0.140. The molecule has 1 saturated heterocycles. The minimum absolute atomic E-state index is 0.0183. The minimum Gasteiger partial charge on any atom is -0.507 e. The number of halogens is 1. The molecule has 1 unspecified atom stereocenters. The number of hydrogen-bond donors (Lipinski definition) is 2. The molecule has 0 saturated carbocycles. The number of aliphatic hydroxyl groups is 1. The van der Waals surface area contributed by atoms with Gasteiger partial charge in [-0.1, -0.05) is 17.7 Å². The molecule has 1 aliphatic rings. The SMILES string of the molecule is CCOc1cc(C2C(=C(O)c3ccc(Cl)cc3)C(=O)C(=O)N2Cc2ccco2)ccc1O. The summed E-state index contributed by atoms with van der Waals surface area (Å²) in [6.45, 7) is 2.11. The number of carbonyl (C=O) groups excluding carboxylic acids is 2. The van der Waals surface area contributed by atoms with Gasteiger partial charge in [-0.2, -0.15) is 0 Å². The summed E-state index contributed by atoms with van der Waals surface area (Å²) >= 11 is 5.94. The van der Waals surface area contributed by atoms with Gasteiger partial charge in [0.15, 0.2) is 11.5 Å². The van der Waals surface area contributed by atoms with Crippen LogP contribution in [0.25, 0.3) is 5.76 Å². The number of likely N-dealkylation sites (tertiary alicyclic amines) is 1. The first kappa shape index (κ1) is 21.5. The molecule has 1 atom stereocenters. The van der Waals surface area contributed by atoms with E-state index < -0.39 is 17.7 Å². The molecule has 1 aliphatic heterocycles. The van der Waals surface area contributed by atoms with Crippen LogP contribution in [0, 0.1) is 0 Å². The van der Waals surface area contributed by atoms with Crippen LogP contribution in [0.2, 0.25) is 5.02 Å². The second kappa shape index (κ2) is 8.80. The summed E-state index contributed by atoms with van der Waals surface area (Å²) in [6.07, 6.45) is 1.47. The van der Waals surface area contributed by atoms with E-state index in [1.165, 1.54) is 17.2 Å². The van der Waals surface area contributed by atoms with Gasteiger partial charge < -0.3 is 24.3 Å². The molecule has 164 valence electrons. The Balaban J connectivity index is 1.88. The quantitative estimate of drug-likeness (QED) is 0.320. The molecule has 2 N–H and O–H groups in total. The summed E-state index contributed by atoms with van der Waals surface area (Å²) in [6, 6.07) is 13.3. The van der Waals surface area contributed by atoms with Crippen molar-refractivity contribution in [3.8, 4) is 11.5 Å². The molecule has 1 amide bonds. The van der Waals surface area contributed by atoms with Crippen molar-refractivity contribution in [3.05, 3.63) is 88.3 Å². The van der Waals surface area contributed by atoms with Crippen LogP contribution in [-0.2, 0) is 16.1 Å². The zero-order valence-electron chi connectivity index (χ0n) is 17.1. The number of aromatic hydroxyl groups is 1. The third-order valence-corrected chi connectivity index (χ3v) is 5.42. The van der Waals surface area contributed by atoms with Gasteiger partial charge in [0.25, 0.3) is 11.7 Å². The lowest BCUT2D eigenvalue weighted by Crippen LogP contribution is -2.29. The number of ether oxygens (including phenoxy) is 1. The number of Topliss-reactive ketones (excluding diaryl/α,β-unsaturated/α-hetero) is 1. The smallest absolute Gasteiger partial charge is 0.296 e. The van der Waals surface area contributed by atoms with Crippen LogP contribution in [0.5, 0.6) is 11.5 Å². The van der Waals surface area contributed by atoms with E-state index in [0.717, 1.165) is 0 Å². The van der Waals surface area contributed by atoms with E-state index in [4.69, 9.17) is 20.8 Å². The van der Waals surface area contributed by atoms with Crippen molar-refractivity contribution in [1.82, 2.24) is 4.90 Å². The molecule has 8 heteroatoms. The normalized spacial score (nSPS) is 17.7. The van der Waals surface area contributed by atoms with Crippen LogP contribution in [0.15, 0.2) is 70.9 Å². The third kappa shape index (κ3) is 3.94. The largest absolute Gasteiger partial charge is 0.507 e. The fourth-order valence-electron chi connectivity index (χ4n) is 3.70. The average Bonchev–Trinajstić information content (AvgIpc) is 3.38. The molecule has 1 fully saturated rings. The van der Waals surface area contributed by atoms with Gasteiger partial charge in [0.05, 0.1) is 31.0 Å². The molecule has 2 aromatic carbocycles. The van der Waals surface area contributed by atoms with Crippen LogP contribution in [0.1, 0.15) is 29.9 Å². The van der Waals surface area contributed by atoms with Gasteiger partial charge in [0, 0.05) is 10.6 Å². The van der Waals surface area contributed by atoms with Crippen molar-refractivity contribution in [1.29, 1.82) is 0 Å². The number of benzene rings is 2. The molecular weight excluding hydrogens is 434 g/mol. The maximum Gasteiger partial charge on any atom is 0.296 e. The van der Waals surface area contributed by atoms with Crippen molar-refractivity contribution in [3.63, 3.8) is 0 Å². The number of carbonyl (C=O) groups is 2. The van der Waals surface area contributed by atoms with Crippen LogP contribution in [0.4, 0.5) is 0 Å². The number of phenols is 1. The highest BCUT2D eigenvalue weighted by atomic mass is 35.5. The Morgan fingerprint density at radius 2 is 1.91 bits per heavy atom. The van der Waals surface area contributed by atoms with Gasteiger partial charge in [0.1, 0.15) is 11.5 Å².